The highest BCUT2D eigenvalue weighted by Crippen LogP contribution is 2.33. The molecule has 0 aliphatic rings. The summed E-state index contributed by atoms with van der Waals surface area (Å²) in [5.41, 5.74) is 3.71. The number of non-ortho nitro benzene ring substituents is 1. The van der Waals surface area contributed by atoms with Crippen LogP contribution in [0.1, 0.15) is 23.6 Å². The number of hydrogen-bond acceptors (Lipinski definition) is 5. The Morgan fingerprint density at radius 2 is 1.79 bits per heavy atom. The molecule has 166 valence electrons. The van der Waals surface area contributed by atoms with Crippen LogP contribution in [0, 0.1) is 10.1 Å². The van der Waals surface area contributed by atoms with Crippen molar-refractivity contribution in [3.05, 3.63) is 99.6 Å². The Bertz CT molecular complexity index is 1360. The Morgan fingerprint density at radius 1 is 1.09 bits per heavy atom. The summed E-state index contributed by atoms with van der Waals surface area (Å²) >= 11 is 0. The summed E-state index contributed by atoms with van der Waals surface area (Å²) in [6.45, 7) is 2.00. The van der Waals surface area contributed by atoms with E-state index in [4.69, 9.17) is 4.99 Å². The lowest BCUT2D eigenvalue weighted by Gasteiger charge is -2.14. The average molecular weight is 442 g/mol. The summed E-state index contributed by atoms with van der Waals surface area (Å²) in [4.78, 5) is 31.6. The molecule has 4 rings (SSSR count). The molecular formula is C25H22N4O4. The highest BCUT2D eigenvalue weighted by atomic mass is 16.6. The first-order chi connectivity index (χ1) is 15.8. The van der Waals surface area contributed by atoms with Crippen molar-refractivity contribution in [1.29, 1.82) is 0 Å². The summed E-state index contributed by atoms with van der Waals surface area (Å²) in [5.74, 6) is -0.139. The van der Waals surface area contributed by atoms with Gasteiger partial charge in [0.25, 0.3) is 5.69 Å². The fourth-order valence-corrected chi connectivity index (χ4v) is 3.57. The molecule has 4 aromatic rings. The number of carbonyl (C=O) groups is 1. The number of H-pyrrole nitrogens is 1. The molecule has 1 heterocycles. The van der Waals surface area contributed by atoms with Crippen LogP contribution in [-0.4, -0.2) is 38.6 Å². The summed E-state index contributed by atoms with van der Waals surface area (Å²) in [6, 6.07) is 21.2. The number of aromatic nitrogens is 1. The number of nitrogens with zero attached hydrogens (tertiary/aromatic N) is 3. The lowest BCUT2D eigenvalue weighted by molar-refractivity contribution is -0.384. The lowest BCUT2D eigenvalue weighted by Crippen LogP contribution is -2.22. The van der Waals surface area contributed by atoms with Crippen molar-refractivity contribution in [2.75, 3.05) is 7.05 Å². The minimum absolute atomic E-state index is 0.0210. The first-order valence-corrected chi connectivity index (χ1v) is 10.3. The van der Waals surface area contributed by atoms with Gasteiger partial charge in [-0.1, -0.05) is 42.5 Å². The van der Waals surface area contributed by atoms with Gasteiger partial charge in [-0.15, -0.1) is 0 Å². The van der Waals surface area contributed by atoms with E-state index in [9.17, 15) is 20.0 Å². The Labute approximate surface area is 190 Å². The molecule has 0 aliphatic carbocycles. The minimum Gasteiger partial charge on any atom is -0.494 e. The molecule has 0 aliphatic heterocycles. The highest BCUT2D eigenvalue weighted by molar-refractivity contribution is 6.22. The van der Waals surface area contributed by atoms with E-state index in [0.717, 1.165) is 11.1 Å². The number of aromatic amines is 1. The van der Waals surface area contributed by atoms with E-state index < -0.39 is 4.92 Å². The van der Waals surface area contributed by atoms with Crippen LogP contribution >= 0.6 is 0 Å². The predicted molar refractivity (Wildman–Crippen MR) is 127 cm³/mol. The van der Waals surface area contributed by atoms with Crippen LogP contribution in [0.2, 0.25) is 0 Å². The molecule has 0 unspecified atom stereocenters. The molecule has 1 aromatic heterocycles. The summed E-state index contributed by atoms with van der Waals surface area (Å²) in [7, 11) is 1.74. The largest absolute Gasteiger partial charge is 0.494 e. The van der Waals surface area contributed by atoms with E-state index in [1.807, 2.05) is 54.6 Å². The van der Waals surface area contributed by atoms with E-state index in [1.54, 1.807) is 18.0 Å². The third kappa shape index (κ3) is 4.59. The summed E-state index contributed by atoms with van der Waals surface area (Å²) < 4.78 is 0. The SMILES string of the molecule is CC(=O)N(C)Cc1ccc(N=C(c2ccccc2)c2c(O)[nH]c3ccc([N+](=O)[O-])cc23)cc1. The lowest BCUT2D eigenvalue weighted by atomic mass is 10.0. The number of aromatic hydroxyl groups is 1. The van der Waals surface area contributed by atoms with Crippen molar-refractivity contribution in [2.24, 2.45) is 4.99 Å². The molecule has 1 amide bonds. The van der Waals surface area contributed by atoms with Gasteiger partial charge in [0, 0.05) is 49.1 Å². The molecule has 8 nitrogen and oxygen atoms in total. The van der Waals surface area contributed by atoms with Crippen LogP contribution in [0.25, 0.3) is 10.9 Å². The van der Waals surface area contributed by atoms with Gasteiger partial charge in [0.1, 0.15) is 0 Å². The molecule has 3 aromatic carbocycles. The second-order valence-electron chi connectivity index (χ2n) is 7.70. The number of amides is 1. The maximum absolute atomic E-state index is 11.5. The smallest absolute Gasteiger partial charge is 0.270 e. The number of fused-ring (bicyclic) bond motifs is 1. The highest BCUT2D eigenvalue weighted by Gasteiger charge is 2.20. The molecule has 2 N–H and O–H groups in total. The van der Waals surface area contributed by atoms with Crippen molar-refractivity contribution in [1.82, 2.24) is 9.88 Å². The van der Waals surface area contributed by atoms with Crippen LogP contribution < -0.4 is 0 Å². The van der Waals surface area contributed by atoms with Gasteiger partial charge in [-0.3, -0.25) is 14.9 Å². The van der Waals surface area contributed by atoms with Crippen LogP contribution in [0.4, 0.5) is 11.4 Å². The molecule has 0 atom stereocenters. The quantitative estimate of drug-likeness (QED) is 0.250. The monoisotopic (exact) mass is 442 g/mol. The van der Waals surface area contributed by atoms with Crippen LogP contribution in [-0.2, 0) is 11.3 Å². The maximum Gasteiger partial charge on any atom is 0.270 e. The molecule has 0 saturated carbocycles. The molecule has 0 saturated heterocycles. The maximum atomic E-state index is 11.5. The normalized spacial score (nSPS) is 11.5. The topological polar surface area (TPSA) is 112 Å². The van der Waals surface area contributed by atoms with Crippen molar-refractivity contribution >= 4 is 33.9 Å². The number of nitrogens with one attached hydrogen (secondary N) is 1. The molecular weight excluding hydrogens is 420 g/mol. The van der Waals surface area contributed by atoms with Gasteiger partial charge < -0.3 is 15.0 Å². The predicted octanol–water partition coefficient (Wildman–Crippen LogP) is 4.93. The minimum atomic E-state index is -0.469. The number of nitro groups is 1. The van der Waals surface area contributed by atoms with Crippen LogP contribution in [0.5, 0.6) is 5.88 Å². The zero-order chi connectivity index (χ0) is 23.5. The van der Waals surface area contributed by atoms with Gasteiger partial charge in [-0.25, -0.2) is 4.99 Å². The Balaban J connectivity index is 1.83. The van der Waals surface area contributed by atoms with Crippen molar-refractivity contribution in [3.8, 4) is 5.88 Å². The zero-order valence-electron chi connectivity index (χ0n) is 18.1. The fourth-order valence-electron chi connectivity index (χ4n) is 3.57. The second-order valence-corrected chi connectivity index (χ2v) is 7.70. The Kier molecular flexibility index (Phi) is 5.91. The second kappa shape index (κ2) is 8.96. The molecule has 0 spiro atoms. The molecule has 0 fully saturated rings. The number of carbonyl (C=O) groups excluding carboxylic acids is 1. The zero-order valence-corrected chi connectivity index (χ0v) is 18.1. The average Bonchev–Trinajstić information content (AvgIpc) is 3.13. The van der Waals surface area contributed by atoms with Gasteiger partial charge in [0.2, 0.25) is 5.91 Å². The van der Waals surface area contributed by atoms with Gasteiger partial charge in [-0.2, -0.15) is 0 Å². The van der Waals surface area contributed by atoms with Crippen molar-refractivity contribution in [3.63, 3.8) is 0 Å². The number of benzene rings is 3. The van der Waals surface area contributed by atoms with Crippen LogP contribution in [0.15, 0.2) is 77.8 Å². The molecule has 0 bridgehead atoms. The third-order valence-corrected chi connectivity index (χ3v) is 5.39. The van der Waals surface area contributed by atoms with Gasteiger partial charge >= 0.3 is 0 Å². The Morgan fingerprint density at radius 3 is 2.42 bits per heavy atom. The van der Waals surface area contributed by atoms with Gasteiger partial charge in [0.15, 0.2) is 5.88 Å². The number of nitro benzene ring substituents is 1. The molecule has 33 heavy (non-hydrogen) atoms. The van der Waals surface area contributed by atoms with E-state index in [-0.39, 0.29) is 17.5 Å². The van der Waals surface area contributed by atoms with E-state index in [0.29, 0.717) is 34.4 Å². The first-order valence-electron chi connectivity index (χ1n) is 10.3. The standard InChI is InChI=1S/C25H22N4O4/c1-16(30)28(2)15-17-8-10-19(11-9-17)26-24(18-6-4-3-5-7-18)23-21-14-20(29(32)33)12-13-22(21)27-25(23)31/h3-14,27,31H,15H2,1-2H3. The molecule has 8 heteroatoms. The van der Waals surface area contributed by atoms with Crippen molar-refractivity contribution in [2.45, 2.75) is 13.5 Å². The Hall–Kier alpha value is -4.46. The van der Waals surface area contributed by atoms with E-state index in [1.165, 1.54) is 19.1 Å². The van der Waals surface area contributed by atoms with E-state index in [2.05, 4.69) is 4.98 Å². The van der Waals surface area contributed by atoms with E-state index >= 15 is 0 Å². The molecule has 0 radical (unpaired) electrons. The number of hydrogen-bond donors (Lipinski definition) is 2. The summed E-state index contributed by atoms with van der Waals surface area (Å²) in [6.07, 6.45) is 0. The summed E-state index contributed by atoms with van der Waals surface area (Å²) in [5, 5.41) is 22.6. The van der Waals surface area contributed by atoms with Gasteiger partial charge in [-0.05, 0) is 23.8 Å². The number of aliphatic imine (C=N–C) groups is 1. The van der Waals surface area contributed by atoms with Crippen LogP contribution in [0.3, 0.4) is 0 Å². The first kappa shape index (κ1) is 21.8. The van der Waals surface area contributed by atoms with Gasteiger partial charge in [0.05, 0.1) is 21.9 Å². The van der Waals surface area contributed by atoms with Crippen molar-refractivity contribution < 1.29 is 14.8 Å². The number of rotatable bonds is 6. The third-order valence-electron chi connectivity index (χ3n) is 5.39. The fraction of sp³-hybridized carbons (Fsp3) is 0.120.